The van der Waals surface area contributed by atoms with E-state index in [2.05, 4.69) is 28.4 Å². The van der Waals surface area contributed by atoms with Gasteiger partial charge in [-0.15, -0.1) is 13.2 Å². The Morgan fingerprint density at radius 1 is 1.11 bits per heavy atom. The summed E-state index contributed by atoms with van der Waals surface area (Å²) in [6, 6.07) is 8.60. The Labute approximate surface area is 113 Å². The lowest BCUT2D eigenvalue weighted by atomic mass is 10.2. The predicted molar refractivity (Wildman–Crippen MR) is 77.9 cm³/mol. The zero-order valence-electron chi connectivity index (χ0n) is 10.6. The zero-order valence-corrected chi connectivity index (χ0v) is 11.5. The minimum absolute atomic E-state index is 0.316. The number of nitrogens with one attached hydrogen (secondary N) is 3. The van der Waals surface area contributed by atoms with Crippen molar-refractivity contribution in [2.75, 3.05) is 13.1 Å². The molecule has 0 saturated carbocycles. The average Bonchev–Trinajstić information content (AvgIpc) is 2.44. The van der Waals surface area contributed by atoms with Crippen molar-refractivity contribution < 1.29 is 9.36 Å². The number of amides is 1. The smallest absolute Gasteiger partial charge is 0.279 e. The number of carbonyl (C=O) groups excluding carboxylic acids is 1. The van der Waals surface area contributed by atoms with Gasteiger partial charge in [-0.2, -0.15) is 0 Å². The number of carbonyl (C=O) groups is 1. The van der Waals surface area contributed by atoms with Gasteiger partial charge in [0.2, 0.25) is 0 Å². The third-order valence-corrected chi connectivity index (χ3v) is 3.99. The van der Waals surface area contributed by atoms with Crippen molar-refractivity contribution >= 4 is 13.5 Å². The summed E-state index contributed by atoms with van der Waals surface area (Å²) in [5.41, 5.74) is 0.448. The molecule has 0 aliphatic rings. The molecule has 0 fully saturated rings. The first kappa shape index (κ1) is 15.4. The lowest BCUT2D eigenvalue weighted by molar-refractivity contribution is 0.0979. The molecule has 3 N–H and O–H groups in total. The summed E-state index contributed by atoms with van der Waals surface area (Å²) in [6.45, 7) is 7.71. The number of hydrogen-bond acceptors (Lipinski definition) is 2. The fourth-order valence-corrected chi connectivity index (χ4v) is 2.78. The summed E-state index contributed by atoms with van der Waals surface area (Å²) >= 11 is 0. The van der Waals surface area contributed by atoms with E-state index in [0.29, 0.717) is 18.7 Å². The van der Waals surface area contributed by atoms with Crippen molar-refractivity contribution in [1.29, 1.82) is 0 Å². The standard InChI is InChI=1S/C13H18N3O2P/c1-3-10-14-19(18,15-11-4-2)16-13(17)12-8-6-5-7-9-12/h3-9H,1-2,10-11H2,(H3,14,15,16,17,18). The summed E-state index contributed by atoms with van der Waals surface area (Å²) in [4.78, 5) is 12.0. The van der Waals surface area contributed by atoms with Crippen LogP contribution in [0.1, 0.15) is 10.4 Å². The van der Waals surface area contributed by atoms with Crippen LogP contribution in [0.3, 0.4) is 0 Å². The monoisotopic (exact) mass is 279 g/mol. The Balaban J connectivity index is 2.76. The van der Waals surface area contributed by atoms with Gasteiger partial charge in [0.1, 0.15) is 0 Å². The van der Waals surface area contributed by atoms with Gasteiger partial charge in [-0.3, -0.25) is 14.4 Å². The van der Waals surface area contributed by atoms with Gasteiger partial charge in [0.05, 0.1) is 0 Å². The fraction of sp³-hybridized carbons (Fsp3) is 0.154. The first-order valence-electron chi connectivity index (χ1n) is 5.81. The molecule has 0 radical (unpaired) electrons. The highest BCUT2D eigenvalue weighted by atomic mass is 31.2. The van der Waals surface area contributed by atoms with Crippen LogP contribution in [-0.4, -0.2) is 19.0 Å². The predicted octanol–water partition coefficient (Wildman–Crippen LogP) is 2.08. The van der Waals surface area contributed by atoms with Crippen molar-refractivity contribution in [3.63, 3.8) is 0 Å². The first-order valence-corrected chi connectivity index (χ1v) is 7.52. The number of rotatable bonds is 8. The van der Waals surface area contributed by atoms with Crippen LogP contribution in [-0.2, 0) is 4.57 Å². The normalized spacial score (nSPS) is 10.7. The second-order valence-electron chi connectivity index (χ2n) is 3.72. The van der Waals surface area contributed by atoms with Gasteiger partial charge in [-0.1, -0.05) is 30.4 Å². The van der Waals surface area contributed by atoms with Crippen LogP contribution in [0.25, 0.3) is 0 Å². The molecule has 0 aliphatic carbocycles. The molecule has 6 heteroatoms. The Morgan fingerprint density at radius 3 is 2.11 bits per heavy atom. The van der Waals surface area contributed by atoms with Gasteiger partial charge < -0.3 is 0 Å². The Kier molecular flexibility index (Phi) is 6.22. The second-order valence-corrected chi connectivity index (χ2v) is 5.79. The van der Waals surface area contributed by atoms with Gasteiger partial charge in [-0.05, 0) is 12.1 Å². The van der Waals surface area contributed by atoms with Crippen molar-refractivity contribution in [2.45, 2.75) is 0 Å². The highest BCUT2D eigenvalue weighted by molar-refractivity contribution is 7.58. The van der Waals surface area contributed by atoms with Crippen LogP contribution in [0, 0.1) is 0 Å². The summed E-state index contributed by atoms with van der Waals surface area (Å²) < 4.78 is 12.5. The van der Waals surface area contributed by atoms with Crippen LogP contribution in [0.15, 0.2) is 55.6 Å². The minimum Gasteiger partial charge on any atom is -0.279 e. The minimum atomic E-state index is -3.22. The van der Waals surface area contributed by atoms with Gasteiger partial charge in [0.15, 0.2) is 0 Å². The van der Waals surface area contributed by atoms with E-state index in [1.54, 1.807) is 36.4 Å². The maximum Gasteiger partial charge on any atom is 0.306 e. The number of hydrogen-bond donors (Lipinski definition) is 3. The zero-order chi connectivity index (χ0) is 14.1. The molecule has 0 saturated heterocycles. The van der Waals surface area contributed by atoms with E-state index in [1.165, 1.54) is 0 Å². The Morgan fingerprint density at radius 2 is 1.63 bits per heavy atom. The van der Waals surface area contributed by atoms with Gasteiger partial charge in [0, 0.05) is 18.7 Å². The van der Waals surface area contributed by atoms with Crippen molar-refractivity contribution in [2.24, 2.45) is 0 Å². The van der Waals surface area contributed by atoms with E-state index in [9.17, 15) is 9.36 Å². The SMILES string of the molecule is C=CCNP(=O)(NCC=C)NC(=O)c1ccccc1. The lowest BCUT2D eigenvalue weighted by Crippen LogP contribution is -2.35. The van der Waals surface area contributed by atoms with Crippen LogP contribution < -0.4 is 15.3 Å². The molecule has 1 amide bonds. The van der Waals surface area contributed by atoms with Crippen molar-refractivity contribution in [1.82, 2.24) is 15.3 Å². The number of benzene rings is 1. The molecule has 0 bridgehead atoms. The van der Waals surface area contributed by atoms with Crippen LogP contribution in [0.4, 0.5) is 0 Å². The maximum atomic E-state index is 12.5. The van der Waals surface area contributed by atoms with E-state index in [0.717, 1.165) is 0 Å². The molecule has 0 spiro atoms. The van der Waals surface area contributed by atoms with Gasteiger partial charge >= 0.3 is 7.59 Å². The Hall–Kier alpha value is -1.68. The topological polar surface area (TPSA) is 70.2 Å². The first-order chi connectivity index (χ1) is 9.11. The van der Waals surface area contributed by atoms with Crippen molar-refractivity contribution in [3.8, 4) is 0 Å². The summed E-state index contributed by atoms with van der Waals surface area (Å²) in [6.07, 6.45) is 3.13. The van der Waals surface area contributed by atoms with Crippen LogP contribution in [0.5, 0.6) is 0 Å². The van der Waals surface area contributed by atoms with E-state index >= 15 is 0 Å². The molecule has 1 aromatic rings. The summed E-state index contributed by atoms with van der Waals surface area (Å²) in [5.74, 6) is -0.406. The third-order valence-electron chi connectivity index (χ3n) is 2.21. The third kappa shape index (κ3) is 5.22. The highest BCUT2D eigenvalue weighted by Gasteiger charge is 2.23. The van der Waals surface area contributed by atoms with Crippen molar-refractivity contribution in [3.05, 3.63) is 61.2 Å². The molecule has 102 valence electrons. The summed E-state index contributed by atoms with van der Waals surface area (Å²) in [7, 11) is -3.22. The van der Waals surface area contributed by atoms with Crippen LogP contribution >= 0.6 is 7.59 Å². The molecule has 5 nitrogen and oxygen atoms in total. The Bertz CT molecular complexity index is 472. The molecular formula is C13H18N3O2P. The fourth-order valence-electron chi connectivity index (χ4n) is 1.32. The van der Waals surface area contributed by atoms with E-state index in [-0.39, 0.29) is 0 Å². The molecule has 0 unspecified atom stereocenters. The van der Waals surface area contributed by atoms with Gasteiger partial charge in [-0.25, -0.2) is 10.2 Å². The largest absolute Gasteiger partial charge is 0.306 e. The van der Waals surface area contributed by atoms with E-state index in [1.807, 2.05) is 6.07 Å². The summed E-state index contributed by atoms with van der Waals surface area (Å²) in [5, 5.41) is 7.93. The molecule has 0 atom stereocenters. The van der Waals surface area contributed by atoms with Crippen LogP contribution in [0.2, 0.25) is 0 Å². The molecule has 1 aromatic carbocycles. The molecule has 1 rings (SSSR count). The molecule has 0 aliphatic heterocycles. The maximum absolute atomic E-state index is 12.5. The highest BCUT2D eigenvalue weighted by Crippen LogP contribution is 2.30. The van der Waals surface area contributed by atoms with E-state index < -0.39 is 13.5 Å². The average molecular weight is 279 g/mol. The molecule has 0 aromatic heterocycles. The quantitative estimate of drug-likeness (QED) is 0.503. The van der Waals surface area contributed by atoms with E-state index in [4.69, 9.17) is 0 Å². The lowest BCUT2D eigenvalue weighted by Gasteiger charge is -2.20. The van der Waals surface area contributed by atoms with Gasteiger partial charge in [0.25, 0.3) is 5.91 Å². The molecule has 19 heavy (non-hydrogen) atoms. The molecular weight excluding hydrogens is 261 g/mol. The second kappa shape index (κ2) is 7.69. The molecule has 0 heterocycles.